The van der Waals surface area contributed by atoms with Crippen LogP contribution < -0.4 is 10.6 Å². The van der Waals surface area contributed by atoms with Gasteiger partial charge in [0.25, 0.3) is 0 Å². The zero-order chi connectivity index (χ0) is 28.4. The summed E-state index contributed by atoms with van der Waals surface area (Å²) in [7, 11) is 3.92. The van der Waals surface area contributed by atoms with E-state index >= 15 is 0 Å². The van der Waals surface area contributed by atoms with Crippen LogP contribution >= 0.6 is 0 Å². The summed E-state index contributed by atoms with van der Waals surface area (Å²) in [5.41, 5.74) is 5.31. The lowest BCUT2D eigenvalue weighted by atomic mass is 9.80. The summed E-state index contributed by atoms with van der Waals surface area (Å²) in [6, 6.07) is 14.2. The molecule has 2 heterocycles. The standard InChI is InChI=1S/C32H40N4O4/c1-32(2)18-28-30(25-7-5-6-8-27(25)36(28)29(38)19-32)21-9-10-22(20-37)26(17-21)34-23-11-13-24(14-12-23)40-31(39)33-15-16-35(3)4/h5-10,17,20,23-24,34H,11-16,18-19H2,1-4H3,(H,33,39)/t23-,24-. The monoisotopic (exact) mass is 544 g/mol. The van der Waals surface area contributed by atoms with Crippen LogP contribution in [0.4, 0.5) is 10.5 Å². The Morgan fingerprint density at radius 3 is 2.58 bits per heavy atom. The Hall–Kier alpha value is -3.65. The van der Waals surface area contributed by atoms with Crippen molar-refractivity contribution in [3.8, 4) is 11.1 Å². The van der Waals surface area contributed by atoms with E-state index in [2.05, 4.69) is 36.6 Å². The number of anilines is 1. The molecule has 0 radical (unpaired) electrons. The van der Waals surface area contributed by atoms with Crippen LogP contribution in [0.25, 0.3) is 22.0 Å². The van der Waals surface area contributed by atoms with Crippen LogP contribution in [0.5, 0.6) is 0 Å². The van der Waals surface area contributed by atoms with E-state index in [-0.39, 0.29) is 29.6 Å². The highest BCUT2D eigenvalue weighted by atomic mass is 16.6. The van der Waals surface area contributed by atoms with Gasteiger partial charge in [-0.25, -0.2) is 4.79 Å². The van der Waals surface area contributed by atoms with Gasteiger partial charge in [0, 0.05) is 53.4 Å². The average molecular weight is 545 g/mol. The van der Waals surface area contributed by atoms with E-state index < -0.39 is 0 Å². The number of likely N-dealkylation sites (N-methyl/N-ethyl adjacent to an activating group) is 1. The van der Waals surface area contributed by atoms with Gasteiger partial charge in [-0.1, -0.05) is 38.1 Å². The van der Waals surface area contributed by atoms with Gasteiger partial charge in [-0.05, 0) is 75.4 Å². The molecule has 1 aliphatic heterocycles. The van der Waals surface area contributed by atoms with Gasteiger partial charge in [-0.2, -0.15) is 0 Å². The first-order valence-electron chi connectivity index (χ1n) is 14.3. The Balaban J connectivity index is 1.35. The summed E-state index contributed by atoms with van der Waals surface area (Å²) in [5, 5.41) is 7.47. The molecule has 0 spiro atoms. The number of para-hydroxylation sites is 1. The van der Waals surface area contributed by atoms with Crippen LogP contribution in [0.15, 0.2) is 42.5 Å². The summed E-state index contributed by atoms with van der Waals surface area (Å²) < 4.78 is 7.52. The lowest BCUT2D eigenvalue weighted by Crippen LogP contribution is -2.36. The first-order valence-corrected chi connectivity index (χ1v) is 14.3. The second-order valence-electron chi connectivity index (χ2n) is 12.3. The maximum absolute atomic E-state index is 13.2. The smallest absolute Gasteiger partial charge is 0.407 e. The second-order valence-corrected chi connectivity index (χ2v) is 12.3. The van der Waals surface area contributed by atoms with Crippen LogP contribution in [0, 0.1) is 5.41 Å². The lowest BCUT2D eigenvalue weighted by Gasteiger charge is -2.31. The number of aromatic nitrogens is 1. The molecule has 1 aromatic heterocycles. The molecule has 8 heteroatoms. The summed E-state index contributed by atoms with van der Waals surface area (Å²) in [6.45, 7) is 5.61. The number of nitrogens with one attached hydrogen (secondary N) is 2. The van der Waals surface area contributed by atoms with Crippen molar-refractivity contribution in [3.05, 3.63) is 53.7 Å². The Kier molecular flexibility index (Phi) is 7.99. The van der Waals surface area contributed by atoms with E-state index in [1.165, 1.54) is 0 Å². The summed E-state index contributed by atoms with van der Waals surface area (Å²) in [5.74, 6) is 0.127. The van der Waals surface area contributed by atoms with Crippen LogP contribution in [0.3, 0.4) is 0 Å². The molecule has 1 fully saturated rings. The van der Waals surface area contributed by atoms with Crippen molar-refractivity contribution in [2.24, 2.45) is 5.41 Å². The van der Waals surface area contributed by atoms with Gasteiger partial charge in [0.1, 0.15) is 6.10 Å². The molecule has 1 saturated carbocycles. The molecule has 0 bridgehead atoms. The van der Waals surface area contributed by atoms with Crippen LogP contribution in [0.1, 0.15) is 66.8 Å². The third-order valence-corrected chi connectivity index (χ3v) is 8.10. The van der Waals surface area contributed by atoms with Crippen LogP contribution in [0.2, 0.25) is 0 Å². The van der Waals surface area contributed by atoms with E-state index in [1.807, 2.05) is 53.9 Å². The van der Waals surface area contributed by atoms with E-state index in [0.29, 0.717) is 18.5 Å². The Bertz CT molecular complexity index is 1420. The molecule has 2 aliphatic rings. The SMILES string of the molecule is CN(C)CCNC(=O)O[C@H]1CC[C@H](Nc2cc(-c3c4n(c5ccccc35)C(=O)CC(C)(C)C4)ccc2C=O)CC1. The van der Waals surface area contributed by atoms with Crippen molar-refractivity contribution in [1.82, 2.24) is 14.8 Å². The van der Waals surface area contributed by atoms with Crippen molar-refractivity contribution in [2.75, 3.05) is 32.5 Å². The number of aldehydes is 1. The van der Waals surface area contributed by atoms with Crippen molar-refractivity contribution < 1.29 is 19.1 Å². The molecule has 0 saturated heterocycles. The molecular weight excluding hydrogens is 504 g/mol. The highest BCUT2D eigenvalue weighted by molar-refractivity contribution is 6.05. The van der Waals surface area contributed by atoms with E-state index in [0.717, 1.165) is 78.3 Å². The molecule has 3 aromatic rings. The van der Waals surface area contributed by atoms with E-state index in [1.54, 1.807) is 0 Å². The van der Waals surface area contributed by atoms with Crippen molar-refractivity contribution in [1.29, 1.82) is 0 Å². The third-order valence-electron chi connectivity index (χ3n) is 8.10. The van der Waals surface area contributed by atoms with Gasteiger partial charge in [0.05, 0.1) is 5.52 Å². The molecular formula is C32H40N4O4. The second kappa shape index (κ2) is 11.5. The minimum Gasteiger partial charge on any atom is -0.446 e. The largest absolute Gasteiger partial charge is 0.446 e. The predicted molar refractivity (Wildman–Crippen MR) is 158 cm³/mol. The molecule has 5 rings (SSSR count). The maximum Gasteiger partial charge on any atom is 0.407 e. The van der Waals surface area contributed by atoms with E-state index in [4.69, 9.17) is 4.74 Å². The number of rotatable bonds is 8. The van der Waals surface area contributed by atoms with Crippen molar-refractivity contribution in [3.63, 3.8) is 0 Å². The first kappa shape index (κ1) is 27.9. The normalized spacial score (nSPS) is 20.3. The molecule has 8 nitrogen and oxygen atoms in total. The number of hydrogen-bond donors (Lipinski definition) is 2. The Labute approximate surface area is 236 Å². The summed E-state index contributed by atoms with van der Waals surface area (Å²) in [4.78, 5) is 39.3. The minimum atomic E-state index is -0.362. The number of nitrogens with zero attached hydrogens (tertiary/aromatic N) is 2. The van der Waals surface area contributed by atoms with Gasteiger partial charge in [0.15, 0.2) is 6.29 Å². The molecule has 2 N–H and O–H groups in total. The van der Waals surface area contributed by atoms with E-state index in [9.17, 15) is 14.4 Å². The van der Waals surface area contributed by atoms with Gasteiger partial charge in [0.2, 0.25) is 5.91 Å². The van der Waals surface area contributed by atoms with Gasteiger partial charge in [-0.15, -0.1) is 0 Å². The quantitative estimate of drug-likeness (QED) is 0.351. The van der Waals surface area contributed by atoms with Crippen LogP contribution in [-0.2, 0) is 11.2 Å². The number of benzene rings is 2. The number of hydrogen-bond acceptors (Lipinski definition) is 6. The molecule has 0 atom stereocenters. The van der Waals surface area contributed by atoms with Gasteiger partial charge >= 0.3 is 6.09 Å². The van der Waals surface area contributed by atoms with Crippen molar-refractivity contribution in [2.45, 2.75) is 64.5 Å². The highest BCUT2D eigenvalue weighted by Crippen LogP contribution is 2.43. The Morgan fingerprint density at radius 1 is 1.10 bits per heavy atom. The summed E-state index contributed by atoms with van der Waals surface area (Å²) >= 11 is 0. The highest BCUT2D eigenvalue weighted by Gasteiger charge is 2.35. The number of amides is 1. The molecule has 1 aliphatic carbocycles. The number of alkyl carbamates (subject to hydrolysis) is 1. The average Bonchev–Trinajstić information content (AvgIpc) is 3.22. The number of carbonyl (C=O) groups is 3. The lowest BCUT2D eigenvalue weighted by molar-refractivity contribution is 0.0728. The first-order chi connectivity index (χ1) is 19.1. The molecule has 0 unspecified atom stereocenters. The fourth-order valence-electron chi connectivity index (χ4n) is 6.13. The maximum atomic E-state index is 13.2. The predicted octanol–water partition coefficient (Wildman–Crippen LogP) is 5.74. The Morgan fingerprint density at radius 2 is 1.85 bits per heavy atom. The molecule has 212 valence electrons. The number of fused-ring (bicyclic) bond motifs is 3. The number of carbonyl (C=O) groups excluding carboxylic acids is 3. The zero-order valence-corrected chi connectivity index (χ0v) is 24.0. The molecule has 2 aromatic carbocycles. The zero-order valence-electron chi connectivity index (χ0n) is 24.0. The fourth-order valence-corrected chi connectivity index (χ4v) is 6.13. The van der Waals surface area contributed by atoms with Crippen molar-refractivity contribution >= 4 is 34.9 Å². The van der Waals surface area contributed by atoms with Gasteiger partial charge < -0.3 is 20.3 Å². The molecule has 1 amide bonds. The van der Waals surface area contributed by atoms with Crippen LogP contribution in [-0.4, -0.2) is 67.1 Å². The fraction of sp³-hybridized carbons (Fsp3) is 0.469. The van der Waals surface area contributed by atoms with Gasteiger partial charge in [-0.3, -0.25) is 14.2 Å². The minimum absolute atomic E-state index is 0.102. The third kappa shape index (κ3) is 5.92. The topological polar surface area (TPSA) is 92.7 Å². The number of ether oxygens (including phenoxy) is 1. The molecule has 40 heavy (non-hydrogen) atoms. The summed E-state index contributed by atoms with van der Waals surface area (Å²) in [6.07, 6.45) is 4.95.